The Hall–Kier alpha value is -4.97. The molecular formula is C37H19NO2S2. The minimum absolute atomic E-state index is 0.0150. The Morgan fingerprint density at radius 3 is 2.17 bits per heavy atom. The predicted molar refractivity (Wildman–Crippen MR) is 180 cm³/mol. The van der Waals surface area contributed by atoms with Gasteiger partial charge in [0.1, 0.15) is 11.2 Å². The molecule has 42 heavy (non-hydrogen) atoms. The van der Waals surface area contributed by atoms with E-state index in [0.717, 1.165) is 15.8 Å². The number of aromatic nitrogens is 1. The molecule has 0 saturated heterocycles. The van der Waals surface area contributed by atoms with Crippen molar-refractivity contribution in [1.82, 2.24) is 4.57 Å². The number of fused-ring (bicyclic) bond motifs is 12. The van der Waals surface area contributed by atoms with Gasteiger partial charge < -0.3 is 8.98 Å². The molecular weight excluding hydrogens is 555 g/mol. The predicted octanol–water partition coefficient (Wildman–Crippen LogP) is 10.8. The minimum atomic E-state index is 0.0150. The zero-order chi connectivity index (χ0) is 27.5. The summed E-state index contributed by atoms with van der Waals surface area (Å²) in [6.07, 6.45) is 0. The summed E-state index contributed by atoms with van der Waals surface area (Å²) >= 11 is 3.62. The van der Waals surface area contributed by atoms with Crippen LogP contribution in [0.2, 0.25) is 0 Å². The van der Waals surface area contributed by atoms with E-state index < -0.39 is 0 Å². The summed E-state index contributed by atoms with van der Waals surface area (Å²) in [5.41, 5.74) is 4.80. The maximum atomic E-state index is 13.4. The summed E-state index contributed by atoms with van der Waals surface area (Å²) in [5.74, 6) is 0. The van der Waals surface area contributed by atoms with E-state index in [-0.39, 0.29) is 5.43 Å². The molecule has 0 spiro atoms. The molecule has 4 heterocycles. The molecule has 0 unspecified atom stereocenters. The number of benzene rings is 6. The first kappa shape index (κ1) is 22.7. The van der Waals surface area contributed by atoms with Crippen LogP contribution in [0.4, 0.5) is 0 Å². The van der Waals surface area contributed by atoms with Crippen molar-refractivity contribution < 1.29 is 4.42 Å². The average Bonchev–Trinajstić information content (AvgIpc) is 3.69. The van der Waals surface area contributed by atoms with Crippen LogP contribution in [0.15, 0.2) is 124 Å². The molecule has 0 aliphatic carbocycles. The first-order valence-corrected chi connectivity index (χ1v) is 15.5. The van der Waals surface area contributed by atoms with Gasteiger partial charge in [-0.15, -0.1) is 22.7 Å². The van der Waals surface area contributed by atoms with Gasteiger partial charge in [0, 0.05) is 46.4 Å². The molecule has 10 rings (SSSR count). The van der Waals surface area contributed by atoms with E-state index in [0.29, 0.717) is 21.9 Å². The molecule has 0 atom stereocenters. The van der Waals surface area contributed by atoms with Gasteiger partial charge >= 0.3 is 0 Å². The van der Waals surface area contributed by atoms with E-state index in [4.69, 9.17) is 4.42 Å². The van der Waals surface area contributed by atoms with Gasteiger partial charge in [-0.05, 0) is 48.5 Å². The zero-order valence-corrected chi connectivity index (χ0v) is 23.7. The summed E-state index contributed by atoms with van der Waals surface area (Å²) in [4.78, 5) is 13.4. The number of rotatable bonds is 1. The van der Waals surface area contributed by atoms with Crippen LogP contribution in [0, 0.1) is 0 Å². The van der Waals surface area contributed by atoms with E-state index in [1.165, 1.54) is 52.1 Å². The molecule has 0 bridgehead atoms. The second kappa shape index (κ2) is 8.07. The molecule has 5 heteroatoms. The number of nitrogens with zero attached hydrogens (tertiary/aromatic N) is 1. The van der Waals surface area contributed by atoms with Crippen molar-refractivity contribution in [3.05, 3.63) is 125 Å². The van der Waals surface area contributed by atoms with Crippen molar-refractivity contribution in [2.75, 3.05) is 0 Å². The van der Waals surface area contributed by atoms with Gasteiger partial charge in [-0.2, -0.15) is 0 Å². The Morgan fingerprint density at radius 1 is 0.500 bits per heavy atom. The molecule has 0 N–H and O–H groups in total. The molecule has 4 aromatic heterocycles. The maximum absolute atomic E-state index is 13.4. The third kappa shape index (κ3) is 2.86. The highest BCUT2D eigenvalue weighted by Gasteiger charge is 2.20. The minimum Gasteiger partial charge on any atom is -0.456 e. The lowest BCUT2D eigenvalue weighted by Gasteiger charge is -2.09. The fraction of sp³-hybridized carbons (Fsp3) is 0. The second-order valence-electron chi connectivity index (χ2n) is 10.8. The zero-order valence-electron chi connectivity index (χ0n) is 22.0. The Labute approximate surface area is 246 Å². The fourth-order valence-corrected chi connectivity index (χ4v) is 9.23. The maximum Gasteiger partial charge on any atom is 0.200 e. The number of hydrogen-bond acceptors (Lipinski definition) is 4. The molecule has 0 saturated carbocycles. The van der Waals surface area contributed by atoms with Gasteiger partial charge in [-0.1, -0.05) is 66.7 Å². The quantitative estimate of drug-likeness (QED) is 0.183. The summed E-state index contributed by atoms with van der Waals surface area (Å²) in [6.45, 7) is 0. The summed E-state index contributed by atoms with van der Waals surface area (Å²) < 4.78 is 13.6. The van der Waals surface area contributed by atoms with Crippen LogP contribution >= 0.6 is 22.7 Å². The SMILES string of the molecule is O=c1c2ccccc2oc2cc3c(cc12)sc1c(-n2c4ccccc4c4c5sc6ccccc6c5ccc42)cccc13. The lowest BCUT2D eigenvalue weighted by atomic mass is 10.1. The van der Waals surface area contributed by atoms with Crippen molar-refractivity contribution in [2.45, 2.75) is 0 Å². The summed E-state index contributed by atoms with van der Waals surface area (Å²) in [5, 5.41) is 8.69. The molecule has 196 valence electrons. The van der Waals surface area contributed by atoms with Crippen LogP contribution in [-0.4, -0.2) is 4.57 Å². The van der Waals surface area contributed by atoms with Crippen molar-refractivity contribution >= 4 is 107 Å². The lowest BCUT2D eigenvalue weighted by molar-refractivity contribution is 0.660. The number of hydrogen-bond donors (Lipinski definition) is 0. The first-order valence-electron chi connectivity index (χ1n) is 13.9. The normalized spacial score (nSPS) is 12.4. The van der Waals surface area contributed by atoms with Crippen molar-refractivity contribution in [2.24, 2.45) is 0 Å². The Morgan fingerprint density at radius 2 is 1.24 bits per heavy atom. The highest BCUT2D eigenvalue weighted by molar-refractivity contribution is 7.27. The van der Waals surface area contributed by atoms with Crippen molar-refractivity contribution in [3.63, 3.8) is 0 Å². The van der Waals surface area contributed by atoms with Gasteiger partial charge in [0.2, 0.25) is 5.43 Å². The van der Waals surface area contributed by atoms with Crippen LogP contribution in [0.25, 0.3) is 89.8 Å². The van der Waals surface area contributed by atoms with Gasteiger partial charge in [-0.25, -0.2) is 0 Å². The van der Waals surface area contributed by atoms with Gasteiger partial charge in [0.15, 0.2) is 0 Å². The molecule has 6 aromatic carbocycles. The third-order valence-electron chi connectivity index (χ3n) is 8.60. The van der Waals surface area contributed by atoms with Crippen LogP contribution in [0.1, 0.15) is 0 Å². The molecule has 0 amide bonds. The fourth-order valence-electron chi connectivity index (χ4n) is 6.75. The van der Waals surface area contributed by atoms with E-state index in [1.54, 1.807) is 11.3 Å². The van der Waals surface area contributed by atoms with E-state index in [9.17, 15) is 4.79 Å². The van der Waals surface area contributed by atoms with Gasteiger partial charge in [-0.3, -0.25) is 4.79 Å². The standard InChI is InChI=1S/C37H19NO2S2/c39-35-24-10-2-5-14-30(24)40-31-18-25-21-11-7-13-29(36(21)42-33(25)19-26(31)35)38-27-12-4-1-9-23(27)34-28(38)17-16-22-20-8-3-6-15-32(20)41-37(22)34/h1-19H. The topological polar surface area (TPSA) is 35.1 Å². The molecule has 0 radical (unpaired) electrons. The van der Waals surface area contributed by atoms with Gasteiger partial charge in [0.05, 0.1) is 32.2 Å². The number of thiophene rings is 2. The molecule has 10 aromatic rings. The van der Waals surface area contributed by atoms with Crippen LogP contribution < -0.4 is 5.43 Å². The molecule has 0 aliphatic heterocycles. The Kier molecular flexibility index (Phi) is 4.36. The van der Waals surface area contributed by atoms with Crippen LogP contribution in [0.3, 0.4) is 0 Å². The molecule has 3 nitrogen and oxygen atoms in total. The number of para-hydroxylation sites is 2. The highest BCUT2D eigenvalue weighted by atomic mass is 32.1. The summed E-state index contributed by atoms with van der Waals surface area (Å²) in [7, 11) is 0. The van der Waals surface area contributed by atoms with Crippen LogP contribution in [0.5, 0.6) is 0 Å². The Balaban J connectivity index is 1.33. The monoisotopic (exact) mass is 573 g/mol. The second-order valence-corrected chi connectivity index (χ2v) is 12.9. The van der Waals surface area contributed by atoms with Gasteiger partial charge in [0.25, 0.3) is 0 Å². The highest BCUT2D eigenvalue weighted by Crippen LogP contribution is 2.45. The summed E-state index contributed by atoms with van der Waals surface area (Å²) in [6, 6.07) is 40.1. The third-order valence-corrected chi connectivity index (χ3v) is 11.0. The average molecular weight is 574 g/mol. The largest absolute Gasteiger partial charge is 0.456 e. The lowest BCUT2D eigenvalue weighted by Crippen LogP contribution is -2.01. The molecule has 0 fully saturated rings. The Bertz CT molecular complexity index is 2830. The van der Waals surface area contributed by atoms with Crippen molar-refractivity contribution in [1.29, 1.82) is 0 Å². The first-order chi connectivity index (χ1) is 20.7. The molecule has 0 aliphatic rings. The van der Waals surface area contributed by atoms with E-state index in [2.05, 4.69) is 83.4 Å². The van der Waals surface area contributed by atoms with Crippen LogP contribution in [-0.2, 0) is 0 Å². The van der Waals surface area contributed by atoms with Crippen molar-refractivity contribution in [3.8, 4) is 5.69 Å². The van der Waals surface area contributed by atoms with E-state index in [1.807, 2.05) is 47.7 Å². The smallest absolute Gasteiger partial charge is 0.200 e. The van der Waals surface area contributed by atoms with E-state index >= 15 is 0 Å².